The smallest absolute Gasteiger partial charge is 0.321 e. The SMILES string of the molecule is CN1CC(=O)N(c2cccc(F)c2)CC12CCN(C(=O)Nc1ccc(F)cc1)C2. The molecule has 8 heteroatoms. The van der Waals surface area contributed by atoms with Crippen LogP contribution in [0.15, 0.2) is 48.5 Å². The van der Waals surface area contributed by atoms with E-state index in [4.69, 9.17) is 0 Å². The third kappa shape index (κ3) is 3.80. The van der Waals surface area contributed by atoms with Crippen molar-refractivity contribution in [2.45, 2.75) is 12.0 Å². The van der Waals surface area contributed by atoms with E-state index in [9.17, 15) is 18.4 Å². The molecule has 1 unspecified atom stereocenters. The second-order valence-electron chi connectivity index (χ2n) is 7.65. The molecule has 152 valence electrons. The number of nitrogens with zero attached hydrogens (tertiary/aromatic N) is 3. The van der Waals surface area contributed by atoms with Gasteiger partial charge in [-0.15, -0.1) is 0 Å². The lowest BCUT2D eigenvalue weighted by Gasteiger charge is -2.46. The van der Waals surface area contributed by atoms with Gasteiger partial charge in [-0.05, 0) is 55.9 Å². The number of halogens is 2. The number of anilines is 2. The molecule has 3 amide bonds. The Morgan fingerprint density at radius 1 is 1.07 bits per heavy atom. The zero-order valence-corrected chi connectivity index (χ0v) is 16.1. The molecule has 1 spiro atoms. The van der Waals surface area contributed by atoms with Crippen LogP contribution in [0.3, 0.4) is 0 Å². The quantitative estimate of drug-likeness (QED) is 0.844. The van der Waals surface area contributed by atoms with Gasteiger partial charge in [0.15, 0.2) is 0 Å². The van der Waals surface area contributed by atoms with Crippen LogP contribution < -0.4 is 10.2 Å². The molecule has 2 fully saturated rings. The van der Waals surface area contributed by atoms with Crippen LogP contribution in [0.2, 0.25) is 0 Å². The summed E-state index contributed by atoms with van der Waals surface area (Å²) in [6.07, 6.45) is 0.694. The molecule has 2 aromatic rings. The number of hydrogen-bond donors (Lipinski definition) is 1. The third-order valence-corrected chi connectivity index (χ3v) is 5.77. The maximum Gasteiger partial charge on any atom is 0.321 e. The minimum Gasteiger partial charge on any atom is -0.323 e. The highest BCUT2D eigenvalue weighted by Gasteiger charge is 2.48. The van der Waals surface area contributed by atoms with Gasteiger partial charge in [0.05, 0.1) is 12.1 Å². The second kappa shape index (κ2) is 7.44. The molecule has 1 atom stereocenters. The zero-order chi connectivity index (χ0) is 20.6. The van der Waals surface area contributed by atoms with Crippen molar-refractivity contribution >= 4 is 23.3 Å². The van der Waals surface area contributed by atoms with Gasteiger partial charge in [-0.2, -0.15) is 0 Å². The topological polar surface area (TPSA) is 55.9 Å². The lowest BCUT2D eigenvalue weighted by Crippen LogP contribution is -2.64. The number of urea groups is 1. The van der Waals surface area contributed by atoms with Crippen molar-refractivity contribution in [1.82, 2.24) is 9.80 Å². The van der Waals surface area contributed by atoms with Crippen LogP contribution in [0.5, 0.6) is 0 Å². The van der Waals surface area contributed by atoms with Gasteiger partial charge < -0.3 is 15.1 Å². The Hall–Kier alpha value is -3.00. The third-order valence-electron chi connectivity index (χ3n) is 5.77. The molecule has 2 aliphatic rings. The van der Waals surface area contributed by atoms with E-state index in [1.165, 1.54) is 36.4 Å². The van der Waals surface area contributed by atoms with E-state index >= 15 is 0 Å². The van der Waals surface area contributed by atoms with Crippen LogP contribution in [0.4, 0.5) is 25.0 Å². The summed E-state index contributed by atoms with van der Waals surface area (Å²) in [5.41, 5.74) is 0.642. The summed E-state index contributed by atoms with van der Waals surface area (Å²) < 4.78 is 26.7. The van der Waals surface area contributed by atoms with Gasteiger partial charge in [0, 0.05) is 31.0 Å². The fourth-order valence-corrected chi connectivity index (χ4v) is 4.04. The lowest BCUT2D eigenvalue weighted by molar-refractivity contribution is -0.123. The first-order valence-electron chi connectivity index (χ1n) is 9.45. The van der Waals surface area contributed by atoms with Gasteiger partial charge in [-0.25, -0.2) is 13.6 Å². The van der Waals surface area contributed by atoms with Gasteiger partial charge in [0.25, 0.3) is 0 Å². The molecule has 6 nitrogen and oxygen atoms in total. The Morgan fingerprint density at radius 3 is 2.55 bits per heavy atom. The number of carbonyl (C=O) groups is 2. The highest BCUT2D eigenvalue weighted by atomic mass is 19.1. The van der Waals surface area contributed by atoms with Crippen LogP contribution in [-0.2, 0) is 4.79 Å². The fraction of sp³-hybridized carbons (Fsp3) is 0.333. The van der Waals surface area contributed by atoms with Crippen molar-refractivity contribution in [1.29, 1.82) is 0 Å². The molecule has 0 radical (unpaired) electrons. The molecule has 2 heterocycles. The minimum absolute atomic E-state index is 0.0991. The highest BCUT2D eigenvalue weighted by molar-refractivity contribution is 5.96. The predicted octanol–water partition coefficient (Wildman–Crippen LogP) is 2.92. The van der Waals surface area contributed by atoms with Crippen molar-refractivity contribution in [2.24, 2.45) is 0 Å². The summed E-state index contributed by atoms with van der Waals surface area (Å²) in [6, 6.07) is 11.3. The van der Waals surface area contributed by atoms with Crippen LogP contribution in [-0.4, -0.2) is 60.5 Å². The van der Waals surface area contributed by atoms with Crippen molar-refractivity contribution in [3.8, 4) is 0 Å². The van der Waals surface area contributed by atoms with E-state index in [-0.39, 0.29) is 24.3 Å². The lowest BCUT2D eigenvalue weighted by atomic mass is 9.92. The summed E-state index contributed by atoms with van der Waals surface area (Å²) in [6.45, 7) is 1.55. The molecule has 0 saturated carbocycles. The monoisotopic (exact) mass is 400 g/mol. The number of likely N-dealkylation sites (tertiary alicyclic amines) is 1. The number of likely N-dealkylation sites (N-methyl/N-ethyl adjacent to an activating group) is 1. The van der Waals surface area contributed by atoms with Gasteiger partial charge in [-0.3, -0.25) is 9.69 Å². The van der Waals surface area contributed by atoms with Gasteiger partial charge in [0.2, 0.25) is 5.91 Å². The van der Waals surface area contributed by atoms with E-state index in [0.29, 0.717) is 37.4 Å². The first-order valence-corrected chi connectivity index (χ1v) is 9.45. The zero-order valence-electron chi connectivity index (χ0n) is 16.1. The van der Waals surface area contributed by atoms with Gasteiger partial charge in [0.1, 0.15) is 11.6 Å². The van der Waals surface area contributed by atoms with Crippen LogP contribution in [0.1, 0.15) is 6.42 Å². The Balaban J connectivity index is 1.49. The average Bonchev–Trinajstić information content (AvgIpc) is 3.12. The normalized spacial score (nSPS) is 22.4. The number of carbonyl (C=O) groups excluding carboxylic acids is 2. The predicted molar refractivity (Wildman–Crippen MR) is 106 cm³/mol. The molecule has 4 rings (SSSR count). The number of hydrogen-bond acceptors (Lipinski definition) is 3. The van der Waals surface area contributed by atoms with Crippen LogP contribution in [0.25, 0.3) is 0 Å². The molecule has 0 bridgehead atoms. The van der Waals surface area contributed by atoms with Crippen LogP contribution in [0, 0.1) is 11.6 Å². The summed E-state index contributed by atoms with van der Waals surface area (Å²) >= 11 is 0. The van der Waals surface area contributed by atoms with Gasteiger partial charge >= 0.3 is 6.03 Å². The standard InChI is InChI=1S/C21H22F2N4O2/c1-25-12-19(28)27(18-4-2-3-16(23)11-18)14-21(25)9-10-26(13-21)20(29)24-17-7-5-15(22)6-8-17/h2-8,11H,9-10,12-14H2,1H3,(H,24,29). The van der Waals surface area contributed by atoms with E-state index in [0.717, 1.165) is 0 Å². The number of benzene rings is 2. The van der Waals surface area contributed by atoms with Crippen molar-refractivity contribution in [3.63, 3.8) is 0 Å². The summed E-state index contributed by atoms with van der Waals surface area (Å²) in [5, 5.41) is 2.78. The molecule has 2 saturated heterocycles. The highest BCUT2D eigenvalue weighted by Crippen LogP contribution is 2.33. The number of rotatable bonds is 2. The van der Waals surface area contributed by atoms with Gasteiger partial charge in [-0.1, -0.05) is 6.07 Å². The first-order chi connectivity index (χ1) is 13.9. The molecule has 2 aliphatic heterocycles. The fourth-order valence-electron chi connectivity index (χ4n) is 4.04. The molecular weight excluding hydrogens is 378 g/mol. The Kier molecular flexibility index (Phi) is 4.96. The summed E-state index contributed by atoms with van der Waals surface area (Å²) in [4.78, 5) is 30.5. The first kappa shape index (κ1) is 19.3. The Bertz CT molecular complexity index is 937. The number of nitrogens with one attached hydrogen (secondary N) is 1. The largest absolute Gasteiger partial charge is 0.323 e. The average molecular weight is 400 g/mol. The second-order valence-corrected chi connectivity index (χ2v) is 7.65. The summed E-state index contributed by atoms with van der Waals surface area (Å²) in [5.74, 6) is -0.859. The number of piperazine rings is 1. The van der Waals surface area contributed by atoms with Crippen LogP contribution >= 0.6 is 0 Å². The molecule has 1 N–H and O–H groups in total. The molecule has 0 aliphatic carbocycles. The van der Waals surface area contributed by atoms with E-state index in [1.54, 1.807) is 21.9 Å². The maximum absolute atomic E-state index is 13.7. The van der Waals surface area contributed by atoms with Crippen molar-refractivity contribution < 1.29 is 18.4 Å². The Morgan fingerprint density at radius 2 is 1.83 bits per heavy atom. The van der Waals surface area contributed by atoms with Crippen molar-refractivity contribution in [2.75, 3.05) is 43.4 Å². The minimum atomic E-state index is -0.402. The van der Waals surface area contributed by atoms with E-state index in [2.05, 4.69) is 5.32 Å². The molecule has 0 aromatic heterocycles. The Labute approximate surface area is 167 Å². The van der Waals surface area contributed by atoms with E-state index in [1.807, 2.05) is 11.9 Å². The molecule has 29 heavy (non-hydrogen) atoms. The van der Waals surface area contributed by atoms with Crippen molar-refractivity contribution in [3.05, 3.63) is 60.2 Å². The maximum atomic E-state index is 13.7. The molecule has 2 aromatic carbocycles. The molecular formula is C21H22F2N4O2. The number of amides is 3. The summed E-state index contributed by atoms with van der Waals surface area (Å²) in [7, 11) is 1.88. The van der Waals surface area contributed by atoms with E-state index < -0.39 is 11.4 Å².